The maximum Gasteiger partial charge on any atom is 0.306 e. The number of carbonyl (C=O) groups is 11. The van der Waals surface area contributed by atoms with Crippen molar-refractivity contribution in [3.8, 4) is 0 Å². The van der Waals surface area contributed by atoms with Gasteiger partial charge in [0.15, 0.2) is 23.1 Å². The number of carbonyl (C=O) groups excluding carboxylic acids is 10. The molecule has 0 aromatic heterocycles. The maximum atomic E-state index is 14.4. The second-order valence-corrected chi connectivity index (χ2v) is 22.4. The Morgan fingerprint density at radius 1 is 0.580 bits per heavy atom. The van der Waals surface area contributed by atoms with Crippen molar-refractivity contribution in [1.29, 1.82) is 0 Å². The summed E-state index contributed by atoms with van der Waals surface area (Å²) in [6.45, 7) is 9.91. The third-order valence-electron chi connectivity index (χ3n) is 15.3. The Morgan fingerprint density at radius 3 is 1.60 bits per heavy atom. The number of carboxylic acid groups (broad SMARTS) is 1. The summed E-state index contributed by atoms with van der Waals surface area (Å²) in [5.41, 5.74) is 16.8. The number of ketones is 4. The van der Waals surface area contributed by atoms with E-state index < -0.39 is 150 Å². The highest BCUT2D eigenvalue weighted by atomic mass is 16.4. The Labute approximate surface area is 479 Å². The molecule has 10 atom stereocenters. The molecule has 0 aliphatic carbocycles. The summed E-state index contributed by atoms with van der Waals surface area (Å²) in [5.74, 6) is -14.2. The number of aliphatic imine (C=N–C) groups is 1. The second kappa shape index (κ2) is 41.3. The zero-order chi connectivity index (χ0) is 61.0. The number of hydrogen-bond donors (Lipinski definition) is 10. The average Bonchev–Trinajstić information content (AvgIpc) is 3.93. The SMILES string of the molecule is CCCCCCCCCCCCCC(=O)N[C@@H](CO)C(=O)C[C@@H](C(=O)N[C@@H](CC1=CCC=N1)C(=O)C[C@@H](C(=O)N[C@H](C(=O)C[C@H](CCC(N)=O)C(=O)N[C@@H](CCCCN)C(=O)C[C@H](CCC(N)=O)C(=O)O)C(C)CC)C(C)O)C(C)C. The molecular weight excluding hydrogens is 1040 g/mol. The Balaban J connectivity index is 3.29. The molecule has 1 heterocycles. The molecule has 2 unspecified atom stereocenters. The van der Waals surface area contributed by atoms with Crippen LogP contribution in [0.3, 0.4) is 0 Å². The summed E-state index contributed by atoms with van der Waals surface area (Å²) in [6.07, 6.45) is 12.7. The van der Waals surface area contributed by atoms with Crippen molar-refractivity contribution in [3.63, 3.8) is 0 Å². The fourth-order valence-electron chi connectivity index (χ4n) is 9.72. The van der Waals surface area contributed by atoms with Gasteiger partial charge in [0.05, 0.1) is 42.7 Å². The summed E-state index contributed by atoms with van der Waals surface area (Å²) in [4.78, 5) is 151. The van der Waals surface area contributed by atoms with Gasteiger partial charge in [0, 0.05) is 81.5 Å². The molecule has 6 amide bonds. The number of carboxylic acids is 1. The quantitative estimate of drug-likeness (QED) is 0.0375. The Kier molecular flexibility index (Phi) is 37.3. The minimum absolute atomic E-state index is 0.0598. The molecule has 1 aliphatic heterocycles. The Hall–Kier alpha value is -5.74. The van der Waals surface area contributed by atoms with Gasteiger partial charge >= 0.3 is 5.97 Å². The molecule has 0 spiro atoms. The van der Waals surface area contributed by atoms with Gasteiger partial charge in [-0.2, -0.15) is 0 Å². The van der Waals surface area contributed by atoms with E-state index in [1.54, 1.807) is 40.0 Å². The first-order valence-electron chi connectivity index (χ1n) is 29.7. The fourth-order valence-corrected chi connectivity index (χ4v) is 9.72. The topological polar surface area (TPSA) is 387 Å². The third kappa shape index (κ3) is 30.2. The van der Waals surface area contributed by atoms with Gasteiger partial charge in [-0.05, 0) is 63.8 Å². The molecule has 0 radical (unpaired) electrons. The highest BCUT2D eigenvalue weighted by Gasteiger charge is 2.38. The van der Waals surface area contributed by atoms with Crippen LogP contribution in [0.15, 0.2) is 16.8 Å². The number of nitrogens with two attached hydrogens (primary N) is 3. The summed E-state index contributed by atoms with van der Waals surface area (Å²) in [7, 11) is 0. The van der Waals surface area contributed by atoms with Crippen molar-refractivity contribution in [2.24, 2.45) is 57.7 Å². The van der Waals surface area contributed by atoms with Gasteiger partial charge in [0.2, 0.25) is 35.4 Å². The standard InChI is InChI=1S/C59H100N8O14/c1-7-9-10-11-12-13-14-15-16-17-18-24-54(76)64-47(36-68)50(72)34-43(37(3)4)57(78)66-46(33-42-22-21-30-63-42)49(71)35-44(39(6)69)58(79)67-55(38(5)8-2)51(73)31-40(25-27-52(61)74)56(77)65-45(23-19-20-29-60)48(70)32-41(59(80)81)26-28-53(62)75/h22,30,37-41,43-47,55,68-69H,7-21,23-29,31-36,60H2,1-6H3,(H2,61,74)(H2,62,75)(H,64,76)(H,65,77)(H,66,78)(H,67,79)(H,80,81)/t38?,39?,40-,41-,43+,44+,45-,46-,47-,55-/m0/s1. The minimum Gasteiger partial charge on any atom is -0.481 e. The number of aliphatic hydroxyl groups excluding tert-OH is 2. The smallest absolute Gasteiger partial charge is 0.306 e. The summed E-state index contributed by atoms with van der Waals surface area (Å²) < 4.78 is 0. The number of aliphatic hydroxyl groups is 2. The van der Waals surface area contributed by atoms with E-state index in [9.17, 15) is 68.1 Å². The molecule has 0 aromatic rings. The predicted octanol–water partition coefficient (Wildman–Crippen LogP) is 4.50. The number of nitrogens with one attached hydrogen (secondary N) is 4. The number of aliphatic carboxylic acids is 1. The van der Waals surface area contributed by atoms with Crippen molar-refractivity contribution in [1.82, 2.24) is 21.3 Å². The van der Waals surface area contributed by atoms with Gasteiger partial charge in [-0.25, -0.2) is 0 Å². The van der Waals surface area contributed by atoms with Crippen LogP contribution in [0.2, 0.25) is 0 Å². The van der Waals surface area contributed by atoms with E-state index in [0.29, 0.717) is 37.8 Å². The lowest BCUT2D eigenvalue weighted by Crippen LogP contribution is -2.52. The van der Waals surface area contributed by atoms with E-state index in [4.69, 9.17) is 17.2 Å². The first-order chi connectivity index (χ1) is 38.4. The van der Waals surface area contributed by atoms with E-state index in [2.05, 4.69) is 33.2 Å². The van der Waals surface area contributed by atoms with Crippen LogP contribution < -0.4 is 38.5 Å². The van der Waals surface area contributed by atoms with Crippen molar-refractivity contribution >= 4 is 70.8 Å². The lowest BCUT2D eigenvalue weighted by Gasteiger charge is -2.29. The zero-order valence-electron chi connectivity index (χ0n) is 49.3. The molecule has 22 heteroatoms. The molecule has 1 aliphatic rings. The van der Waals surface area contributed by atoms with E-state index in [1.165, 1.54) is 45.4 Å². The lowest BCUT2D eigenvalue weighted by molar-refractivity contribution is -0.144. The molecule has 0 fully saturated rings. The molecule has 0 aromatic carbocycles. The van der Waals surface area contributed by atoms with Crippen molar-refractivity contribution in [2.45, 2.75) is 239 Å². The normalized spacial score (nSPS) is 15.9. The largest absolute Gasteiger partial charge is 0.481 e. The van der Waals surface area contributed by atoms with Crippen molar-refractivity contribution in [2.75, 3.05) is 13.2 Å². The summed E-state index contributed by atoms with van der Waals surface area (Å²) >= 11 is 0. The van der Waals surface area contributed by atoms with E-state index >= 15 is 0 Å². The maximum absolute atomic E-state index is 14.4. The predicted molar refractivity (Wildman–Crippen MR) is 308 cm³/mol. The van der Waals surface area contributed by atoms with Crippen molar-refractivity contribution < 1.29 is 68.1 Å². The van der Waals surface area contributed by atoms with Crippen LogP contribution in [0, 0.1) is 35.5 Å². The van der Waals surface area contributed by atoms with Gasteiger partial charge < -0.3 is 53.8 Å². The zero-order valence-corrected chi connectivity index (χ0v) is 49.3. The second-order valence-electron chi connectivity index (χ2n) is 22.4. The molecule has 13 N–H and O–H groups in total. The van der Waals surface area contributed by atoms with Crippen LogP contribution in [-0.4, -0.2) is 130 Å². The number of Topliss-reactive ketones (excluding diaryl/α,β-unsaturated/α-hetero) is 4. The highest BCUT2D eigenvalue weighted by molar-refractivity contribution is 5.98. The Morgan fingerprint density at radius 2 is 1.10 bits per heavy atom. The first-order valence-corrected chi connectivity index (χ1v) is 29.7. The molecule has 1 rings (SSSR count). The number of rotatable bonds is 49. The third-order valence-corrected chi connectivity index (χ3v) is 15.3. The van der Waals surface area contributed by atoms with Gasteiger partial charge in [0.25, 0.3) is 0 Å². The van der Waals surface area contributed by atoms with E-state index in [1.807, 2.05) is 0 Å². The van der Waals surface area contributed by atoms with Crippen LogP contribution in [-0.2, 0) is 52.7 Å². The molecule has 22 nitrogen and oxygen atoms in total. The van der Waals surface area contributed by atoms with Crippen LogP contribution in [0.1, 0.15) is 208 Å². The highest BCUT2D eigenvalue weighted by Crippen LogP contribution is 2.25. The van der Waals surface area contributed by atoms with Crippen LogP contribution in [0.5, 0.6) is 0 Å². The number of unbranched alkanes of at least 4 members (excludes halogenated alkanes) is 11. The lowest BCUT2D eigenvalue weighted by atomic mass is 9.85. The van der Waals surface area contributed by atoms with Crippen LogP contribution in [0.25, 0.3) is 0 Å². The van der Waals surface area contributed by atoms with Gasteiger partial charge in [0.1, 0.15) is 6.04 Å². The average molecular weight is 1150 g/mol. The molecule has 81 heavy (non-hydrogen) atoms. The van der Waals surface area contributed by atoms with E-state index in [-0.39, 0.29) is 63.8 Å². The molecule has 0 bridgehead atoms. The van der Waals surface area contributed by atoms with Gasteiger partial charge in [-0.1, -0.05) is 111 Å². The van der Waals surface area contributed by atoms with Gasteiger partial charge in [-0.15, -0.1) is 0 Å². The number of hydrogen-bond acceptors (Lipinski definition) is 15. The molecule has 0 saturated carbocycles. The number of amides is 6. The summed E-state index contributed by atoms with van der Waals surface area (Å²) in [6, 6.07) is -5.07. The van der Waals surface area contributed by atoms with Crippen molar-refractivity contribution in [3.05, 3.63) is 11.8 Å². The molecule has 460 valence electrons. The number of primary amides is 2. The number of nitrogens with zero attached hydrogens (tertiary/aromatic N) is 1. The van der Waals surface area contributed by atoms with Crippen LogP contribution in [0.4, 0.5) is 0 Å². The van der Waals surface area contributed by atoms with E-state index in [0.717, 1.165) is 25.7 Å². The monoisotopic (exact) mass is 1140 g/mol. The minimum atomic E-state index is -1.47. The molecular formula is C59H100N8O14. The fraction of sp³-hybridized carbons (Fsp3) is 0.763. The van der Waals surface area contributed by atoms with Crippen LogP contribution >= 0.6 is 0 Å². The van der Waals surface area contributed by atoms with Gasteiger partial charge in [-0.3, -0.25) is 57.7 Å². The summed E-state index contributed by atoms with van der Waals surface area (Å²) in [5, 5.41) is 41.7. The molecule has 0 saturated heterocycles. The Bertz CT molecular complexity index is 2100. The first kappa shape index (κ1) is 73.3. The number of allylic oxidation sites excluding steroid dienone is 1.